The Kier molecular flexibility index (Phi) is 2.85. The van der Waals surface area contributed by atoms with Gasteiger partial charge in [-0.2, -0.15) is 0 Å². The van der Waals surface area contributed by atoms with Crippen molar-refractivity contribution in [3.8, 4) is 0 Å². The summed E-state index contributed by atoms with van der Waals surface area (Å²) in [6.45, 7) is 0.610. The van der Waals surface area contributed by atoms with Gasteiger partial charge in [0.2, 0.25) is 0 Å². The second-order valence-corrected chi connectivity index (χ2v) is 4.16. The number of hydrogen-bond acceptors (Lipinski definition) is 2. The van der Waals surface area contributed by atoms with Crippen LogP contribution in [0.2, 0.25) is 0 Å². The molecule has 1 fully saturated rings. The molecule has 0 bridgehead atoms. The summed E-state index contributed by atoms with van der Waals surface area (Å²) in [4.78, 5) is 0. The Morgan fingerprint density at radius 1 is 1.21 bits per heavy atom. The van der Waals surface area contributed by atoms with Gasteiger partial charge in [-0.3, -0.25) is 0 Å². The molecule has 0 aliphatic heterocycles. The van der Waals surface area contributed by atoms with E-state index in [1.807, 2.05) is 0 Å². The molecule has 4 N–H and O–H groups in total. The molecule has 76 valence electrons. The third kappa shape index (κ3) is 1.81. The second kappa shape index (κ2) is 4.11. The van der Waals surface area contributed by atoms with E-state index in [9.17, 15) is 0 Å². The van der Waals surface area contributed by atoms with Crippen LogP contribution in [0, 0.1) is 5.92 Å². The topological polar surface area (TPSA) is 52.0 Å². The molecule has 1 atom stereocenters. The monoisotopic (exact) mass is 190 g/mol. The highest BCUT2D eigenvalue weighted by Gasteiger charge is 2.25. The predicted octanol–water partition coefficient (Wildman–Crippen LogP) is 1.95. The van der Waals surface area contributed by atoms with Gasteiger partial charge in [-0.05, 0) is 29.9 Å². The summed E-state index contributed by atoms with van der Waals surface area (Å²) < 4.78 is 0. The van der Waals surface area contributed by atoms with E-state index < -0.39 is 0 Å². The quantitative estimate of drug-likeness (QED) is 0.765. The summed E-state index contributed by atoms with van der Waals surface area (Å²) in [6.07, 6.45) is 3.93. The van der Waals surface area contributed by atoms with Gasteiger partial charge in [0.15, 0.2) is 0 Å². The van der Waals surface area contributed by atoms with Gasteiger partial charge in [0.1, 0.15) is 0 Å². The summed E-state index contributed by atoms with van der Waals surface area (Å²) in [6, 6.07) is 8.62. The van der Waals surface area contributed by atoms with Crippen LogP contribution in [-0.4, -0.2) is 0 Å². The Bertz CT molecular complexity index is 288. The predicted molar refractivity (Wildman–Crippen MR) is 58.6 cm³/mol. The van der Waals surface area contributed by atoms with E-state index in [0.29, 0.717) is 12.5 Å². The molecule has 0 spiro atoms. The van der Waals surface area contributed by atoms with Crippen LogP contribution in [0.25, 0.3) is 0 Å². The minimum absolute atomic E-state index is 0.232. The maximum Gasteiger partial charge on any atom is 0.0323 e. The second-order valence-electron chi connectivity index (χ2n) is 4.16. The minimum atomic E-state index is 0.232. The highest BCUT2D eigenvalue weighted by Crippen LogP contribution is 2.35. The first-order chi connectivity index (χ1) is 6.81. The molecule has 0 heterocycles. The molecule has 0 amide bonds. The average molecular weight is 190 g/mol. The van der Waals surface area contributed by atoms with Crippen molar-refractivity contribution in [2.45, 2.75) is 31.8 Å². The minimum Gasteiger partial charge on any atom is -0.326 e. The van der Waals surface area contributed by atoms with Gasteiger partial charge >= 0.3 is 0 Å². The zero-order valence-electron chi connectivity index (χ0n) is 8.45. The zero-order chi connectivity index (χ0) is 9.97. The fourth-order valence-corrected chi connectivity index (χ4v) is 1.95. The van der Waals surface area contributed by atoms with E-state index >= 15 is 0 Å². The van der Waals surface area contributed by atoms with Crippen LogP contribution in [0.1, 0.15) is 36.4 Å². The Morgan fingerprint density at radius 3 is 2.29 bits per heavy atom. The van der Waals surface area contributed by atoms with Crippen molar-refractivity contribution < 1.29 is 0 Å². The summed E-state index contributed by atoms with van der Waals surface area (Å²) in [5, 5.41) is 0. The maximum absolute atomic E-state index is 6.16. The molecular weight excluding hydrogens is 172 g/mol. The van der Waals surface area contributed by atoms with Crippen molar-refractivity contribution in [2.75, 3.05) is 0 Å². The van der Waals surface area contributed by atoms with Crippen LogP contribution in [-0.2, 0) is 6.54 Å². The summed E-state index contributed by atoms with van der Waals surface area (Å²) in [5.74, 6) is 0.707. The average Bonchev–Trinajstić information content (AvgIpc) is 2.15. The van der Waals surface area contributed by atoms with E-state index in [4.69, 9.17) is 11.5 Å². The molecule has 1 saturated carbocycles. The molecule has 0 aromatic heterocycles. The van der Waals surface area contributed by atoms with E-state index in [1.54, 1.807) is 0 Å². The maximum atomic E-state index is 6.16. The molecule has 1 unspecified atom stereocenters. The largest absolute Gasteiger partial charge is 0.326 e. The lowest BCUT2D eigenvalue weighted by Crippen LogP contribution is -2.26. The molecule has 1 aliphatic carbocycles. The molecule has 2 nitrogen and oxygen atoms in total. The van der Waals surface area contributed by atoms with Crippen molar-refractivity contribution >= 4 is 0 Å². The Balaban J connectivity index is 2.07. The van der Waals surface area contributed by atoms with Crippen molar-refractivity contribution in [3.05, 3.63) is 35.4 Å². The van der Waals surface area contributed by atoms with Crippen LogP contribution in [0.4, 0.5) is 0 Å². The van der Waals surface area contributed by atoms with Gasteiger partial charge in [0.05, 0.1) is 0 Å². The van der Waals surface area contributed by atoms with Crippen LogP contribution in [0.5, 0.6) is 0 Å². The number of nitrogens with two attached hydrogens (primary N) is 2. The Hall–Kier alpha value is -0.860. The molecule has 0 radical (unpaired) electrons. The fraction of sp³-hybridized carbons (Fsp3) is 0.500. The van der Waals surface area contributed by atoms with Crippen molar-refractivity contribution in [3.63, 3.8) is 0 Å². The lowest BCUT2D eigenvalue weighted by Gasteiger charge is -2.31. The smallest absolute Gasteiger partial charge is 0.0323 e. The molecule has 14 heavy (non-hydrogen) atoms. The molecular formula is C12H18N2. The molecule has 2 rings (SSSR count). The summed E-state index contributed by atoms with van der Waals surface area (Å²) in [7, 11) is 0. The van der Waals surface area contributed by atoms with Crippen LogP contribution >= 0.6 is 0 Å². The fourth-order valence-electron chi connectivity index (χ4n) is 1.95. The molecule has 2 heteroatoms. The van der Waals surface area contributed by atoms with Crippen molar-refractivity contribution in [2.24, 2.45) is 17.4 Å². The first kappa shape index (κ1) is 9.69. The van der Waals surface area contributed by atoms with Gasteiger partial charge in [0.25, 0.3) is 0 Å². The number of hydrogen-bond donors (Lipinski definition) is 2. The first-order valence-corrected chi connectivity index (χ1v) is 5.36. The molecule has 1 aromatic rings. The van der Waals surface area contributed by atoms with E-state index in [1.165, 1.54) is 30.4 Å². The molecule has 1 aliphatic rings. The highest BCUT2D eigenvalue weighted by atomic mass is 14.7. The van der Waals surface area contributed by atoms with Gasteiger partial charge < -0.3 is 11.5 Å². The number of rotatable bonds is 3. The van der Waals surface area contributed by atoms with Gasteiger partial charge in [-0.15, -0.1) is 0 Å². The van der Waals surface area contributed by atoms with Gasteiger partial charge in [-0.1, -0.05) is 30.7 Å². The van der Waals surface area contributed by atoms with Crippen LogP contribution < -0.4 is 11.5 Å². The van der Waals surface area contributed by atoms with Crippen molar-refractivity contribution in [1.29, 1.82) is 0 Å². The lowest BCUT2D eigenvalue weighted by molar-refractivity contribution is 0.264. The number of benzene rings is 1. The highest BCUT2D eigenvalue weighted by molar-refractivity contribution is 5.25. The first-order valence-electron chi connectivity index (χ1n) is 5.36. The van der Waals surface area contributed by atoms with E-state index in [2.05, 4.69) is 24.3 Å². The Labute approximate surface area is 85.3 Å². The normalized spacial score (nSPS) is 19.0. The summed E-state index contributed by atoms with van der Waals surface area (Å²) >= 11 is 0. The third-order valence-corrected chi connectivity index (χ3v) is 3.26. The lowest BCUT2D eigenvalue weighted by atomic mass is 9.77. The van der Waals surface area contributed by atoms with E-state index in [0.717, 1.165) is 0 Å². The van der Waals surface area contributed by atoms with Gasteiger partial charge in [0, 0.05) is 12.6 Å². The van der Waals surface area contributed by atoms with Crippen LogP contribution in [0.3, 0.4) is 0 Å². The van der Waals surface area contributed by atoms with Crippen molar-refractivity contribution in [1.82, 2.24) is 0 Å². The summed E-state index contributed by atoms with van der Waals surface area (Å²) in [5.41, 5.74) is 14.1. The molecule has 0 saturated heterocycles. The standard InChI is InChI=1S/C12H18N2/c13-8-9-4-6-11(7-5-9)12(14)10-2-1-3-10/h4-7,10,12H,1-3,8,13-14H2. The van der Waals surface area contributed by atoms with Gasteiger partial charge in [-0.25, -0.2) is 0 Å². The third-order valence-electron chi connectivity index (χ3n) is 3.26. The van der Waals surface area contributed by atoms with Crippen LogP contribution in [0.15, 0.2) is 24.3 Å². The van der Waals surface area contributed by atoms with E-state index in [-0.39, 0.29) is 6.04 Å². The zero-order valence-corrected chi connectivity index (χ0v) is 8.45. The molecule has 1 aromatic carbocycles. The Morgan fingerprint density at radius 2 is 1.86 bits per heavy atom. The SMILES string of the molecule is NCc1ccc(C(N)C2CCC2)cc1.